The van der Waals surface area contributed by atoms with E-state index in [1.165, 1.54) is 23.4 Å². The van der Waals surface area contributed by atoms with Crippen molar-refractivity contribution in [2.24, 2.45) is 22.9 Å². The zero-order valence-electron chi connectivity index (χ0n) is 32.9. The molecule has 2 fully saturated rings. The van der Waals surface area contributed by atoms with Crippen molar-refractivity contribution in [3.05, 3.63) is 72.3 Å². The summed E-state index contributed by atoms with van der Waals surface area (Å²) in [7, 11) is -2.62. The average Bonchev–Trinajstić information content (AvgIpc) is 4.02. The average molecular weight is 795 g/mol. The van der Waals surface area contributed by atoms with Gasteiger partial charge in [-0.3, -0.25) is 9.69 Å². The Balaban J connectivity index is 1.53. The van der Waals surface area contributed by atoms with E-state index >= 15 is 0 Å². The fourth-order valence-electron chi connectivity index (χ4n) is 8.77. The molecule has 14 heteroatoms. The molecule has 0 spiro atoms. The van der Waals surface area contributed by atoms with Gasteiger partial charge in [-0.25, -0.2) is 8.42 Å². The number of rotatable bonds is 21. The van der Waals surface area contributed by atoms with E-state index in [1.807, 2.05) is 19.1 Å². The van der Waals surface area contributed by atoms with Gasteiger partial charge < -0.3 is 34.6 Å². The Morgan fingerprint density at radius 3 is 2.50 bits per heavy atom. The minimum Gasteiger partial charge on any atom is -0.492 e. The summed E-state index contributed by atoms with van der Waals surface area (Å²) in [6, 6.07) is 11.1. The van der Waals surface area contributed by atoms with E-state index in [2.05, 4.69) is 34.1 Å². The van der Waals surface area contributed by atoms with E-state index in [0.29, 0.717) is 43.2 Å². The second-order valence-electron chi connectivity index (χ2n) is 15.1. The van der Waals surface area contributed by atoms with Crippen molar-refractivity contribution in [1.82, 2.24) is 9.21 Å². The van der Waals surface area contributed by atoms with Crippen molar-refractivity contribution in [3.63, 3.8) is 0 Å². The van der Waals surface area contributed by atoms with Crippen molar-refractivity contribution in [1.29, 1.82) is 0 Å². The number of ether oxygens (including phenoxy) is 3. The third-order valence-electron chi connectivity index (χ3n) is 11.5. The first-order valence-corrected chi connectivity index (χ1v) is 21.4. The number of likely N-dealkylation sites (N-methyl/N-ethyl adjacent to an activating group) is 1. The van der Waals surface area contributed by atoms with Crippen molar-refractivity contribution in [2.75, 3.05) is 65.0 Å². The van der Waals surface area contributed by atoms with Crippen LogP contribution in [0.1, 0.15) is 70.3 Å². The number of hydrogen-bond acceptors (Lipinski definition) is 11. The molecule has 6 atom stereocenters. The van der Waals surface area contributed by atoms with E-state index in [0.717, 1.165) is 62.2 Å². The smallest absolute Gasteiger partial charge is 0.243 e. The number of carbonyl (C=O) groups is 1. The molecule has 1 saturated carbocycles. The Kier molecular flexibility index (Phi) is 13.9. The van der Waals surface area contributed by atoms with Crippen LogP contribution >= 0.6 is 0 Å². The summed E-state index contributed by atoms with van der Waals surface area (Å²) in [4.78, 5) is 19.8. The number of allylic oxidation sites excluding steroid dienone is 1. The Bertz CT molecular complexity index is 1850. The second-order valence-corrected chi connectivity index (χ2v) is 17.1. The number of unbranched alkanes of at least 4 members (excludes halogenated alkanes) is 2. The molecule has 0 radical (unpaired) electrons. The zero-order valence-corrected chi connectivity index (χ0v) is 33.7. The number of hydrogen-bond donors (Lipinski definition) is 3. The molecule has 1 saturated heterocycles. The van der Waals surface area contributed by atoms with Gasteiger partial charge in [0.05, 0.1) is 29.2 Å². The lowest BCUT2D eigenvalue weighted by Crippen LogP contribution is -2.69. The summed E-state index contributed by atoms with van der Waals surface area (Å²) in [5, 5.41) is 27.0. The van der Waals surface area contributed by atoms with Gasteiger partial charge in [0.2, 0.25) is 21.7 Å². The maximum atomic E-state index is 14.7. The number of oxime groups is 1. The molecular formula is C42H58N4O9S. The SMILES string of the molecule is C=CCO[C@@]12Oc3ccc(OCCN4CC4)cc3[C@H]3[C@H](CCCCO)[C@@H](CCCCO)C=C(C(=NOCC)C[C@@H]1N(C)S(=O)(=O)c1ccc(NC(C)=O)cc1)[C@H]32. The van der Waals surface area contributed by atoms with Crippen LogP contribution in [0, 0.1) is 17.8 Å². The molecule has 56 heavy (non-hydrogen) atoms. The van der Waals surface area contributed by atoms with E-state index in [4.69, 9.17) is 19.0 Å². The lowest BCUT2D eigenvalue weighted by Gasteiger charge is -2.59. The minimum atomic E-state index is -4.17. The number of anilines is 1. The Hall–Kier alpha value is -3.79. The number of nitrogens with one attached hydrogen (secondary N) is 1. The van der Waals surface area contributed by atoms with Gasteiger partial charge in [0.15, 0.2) is 0 Å². The van der Waals surface area contributed by atoms with E-state index in [9.17, 15) is 23.4 Å². The maximum Gasteiger partial charge on any atom is 0.243 e. The molecule has 306 valence electrons. The molecule has 2 aliphatic carbocycles. The standard InChI is InChI=1S/C42H58N4O9S/c1-5-24-53-42-39(45(4)56(50,51)33-16-13-31(14-17-33)43-29(3)49)28-37(44-54-6-2)35-26-30(11-7-9-22-47)34(12-8-10-23-48)40(41(35)42)36-27-32(15-18-38(36)55-42)52-25-21-46-19-20-46/h5,13-18,26-27,30,34,39-41,47-48H,1,6-12,19-25,28H2,2-4H3,(H,43,49)/t30-,34+,39-,40+,41+,42+/m0/s1. The number of benzene rings is 2. The Morgan fingerprint density at radius 1 is 1.11 bits per heavy atom. The largest absolute Gasteiger partial charge is 0.492 e. The van der Waals surface area contributed by atoms with Gasteiger partial charge in [0.25, 0.3) is 0 Å². The quantitative estimate of drug-likeness (QED) is 0.0655. The number of aliphatic hydroxyl groups excluding tert-OH is 2. The highest BCUT2D eigenvalue weighted by atomic mass is 32.2. The van der Waals surface area contributed by atoms with E-state index in [-0.39, 0.29) is 54.8 Å². The van der Waals surface area contributed by atoms with Gasteiger partial charge in [-0.2, -0.15) is 4.31 Å². The summed E-state index contributed by atoms with van der Waals surface area (Å²) in [6.07, 6.45) is 8.62. The highest BCUT2D eigenvalue weighted by Gasteiger charge is 2.65. The fraction of sp³-hybridized carbons (Fsp3) is 0.571. The first-order chi connectivity index (χ1) is 27.1. The summed E-state index contributed by atoms with van der Waals surface area (Å²) < 4.78 is 51.0. The Labute approximate surface area is 331 Å². The van der Waals surface area contributed by atoms with Crippen LogP contribution in [0.3, 0.4) is 0 Å². The number of fused-ring (bicyclic) bond motifs is 2. The number of nitrogens with zero attached hydrogens (tertiary/aromatic N) is 3. The number of carbonyl (C=O) groups excluding carboxylic acids is 1. The van der Waals surface area contributed by atoms with E-state index < -0.39 is 27.8 Å². The van der Waals surface area contributed by atoms with Gasteiger partial charge in [-0.1, -0.05) is 30.1 Å². The van der Waals surface area contributed by atoms with Crippen LogP contribution in [0.5, 0.6) is 11.5 Å². The summed E-state index contributed by atoms with van der Waals surface area (Å²) in [6.45, 7) is 11.4. The molecule has 2 aromatic carbocycles. The molecule has 0 unspecified atom stereocenters. The molecule has 2 aliphatic heterocycles. The van der Waals surface area contributed by atoms with Crippen LogP contribution in [-0.4, -0.2) is 111 Å². The lowest BCUT2D eigenvalue weighted by atomic mass is 9.55. The Morgan fingerprint density at radius 2 is 1.84 bits per heavy atom. The molecule has 6 rings (SSSR count). The predicted molar refractivity (Wildman–Crippen MR) is 214 cm³/mol. The summed E-state index contributed by atoms with van der Waals surface area (Å²) in [5.41, 5.74) is 2.97. The maximum absolute atomic E-state index is 14.7. The molecule has 1 amide bonds. The van der Waals surface area contributed by atoms with Crippen molar-refractivity contribution >= 4 is 27.3 Å². The highest BCUT2D eigenvalue weighted by molar-refractivity contribution is 7.89. The molecular weight excluding hydrogens is 737 g/mol. The van der Waals surface area contributed by atoms with Crippen molar-refractivity contribution in [2.45, 2.75) is 81.4 Å². The van der Waals surface area contributed by atoms with Crippen molar-refractivity contribution in [3.8, 4) is 11.5 Å². The second kappa shape index (κ2) is 18.6. The molecule has 2 aromatic rings. The van der Waals surface area contributed by atoms with Gasteiger partial charge in [-0.15, -0.1) is 6.58 Å². The van der Waals surface area contributed by atoms with Crippen LogP contribution in [0.15, 0.2) is 76.8 Å². The molecule has 0 aromatic heterocycles. The molecule has 2 heterocycles. The molecule has 0 bridgehead atoms. The van der Waals surface area contributed by atoms with E-state index in [1.54, 1.807) is 25.3 Å². The molecule has 13 nitrogen and oxygen atoms in total. The van der Waals surface area contributed by atoms with Crippen LogP contribution in [0.4, 0.5) is 5.69 Å². The van der Waals surface area contributed by atoms with Crippen LogP contribution < -0.4 is 14.8 Å². The van der Waals surface area contributed by atoms with Gasteiger partial charge in [-0.05, 0) is 92.5 Å². The number of amides is 1. The van der Waals surface area contributed by atoms with Gasteiger partial charge >= 0.3 is 0 Å². The third-order valence-corrected chi connectivity index (χ3v) is 13.3. The van der Waals surface area contributed by atoms with Crippen LogP contribution in [0.2, 0.25) is 0 Å². The van der Waals surface area contributed by atoms with Crippen molar-refractivity contribution < 1.29 is 42.5 Å². The summed E-state index contributed by atoms with van der Waals surface area (Å²) in [5.74, 6) is -1.07. The molecule has 3 N–H and O–H groups in total. The number of sulfonamides is 1. The monoisotopic (exact) mass is 794 g/mol. The first-order valence-electron chi connectivity index (χ1n) is 20.0. The third kappa shape index (κ3) is 9.00. The normalized spacial score (nSPS) is 26.1. The van der Waals surface area contributed by atoms with Crippen LogP contribution in [0.25, 0.3) is 0 Å². The summed E-state index contributed by atoms with van der Waals surface area (Å²) >= 11 is 0. The first kappa shape index (κ1) is 41.8. The molecule has 4 aliphatic rings. The van der Waals surface area contributed by atoms with Crippen LogP contribution in [-0.2, 0) is 24.4 Å². The minimum absolute atomic E-state index is 0.0455. The number of aliphatic hydroxyl groups is 2. The van der Waals surface area contributed by atoms with Gasteiger partial charge in [0.1, 0.15) is 24.7 Å². The fourth-order valence-corrected chi connectivity index (χ4v) is 10.1. The zero-order chi connectivity index (χ0) is 39.9. The topological polar surface area (TPSA) is 159 Å². The lowest BCUT2D eigenvalue weighted by molar-refractivity contribution is -0.250. The highest BCUT2D eigenvalue weighted by Crippen LogP contribution is 2.62. The van der Waals surface area contributed by atoms with Gasteiger partial charge in [0, 0.05) is 70.4 Å². The predicted octanol–water partition coefficient (Wildman–Crippen LogP) is 5.31.